The quantitative estimate of drug-likeness (QED) is 0.498. The predicted octanol–water partition coefficient (Wildman–Crippen LogP) is 5.38. The highest BCUT2D eigenvalue weighted by Gasteiger charge is 2.50. The van der Waals surface area contributed by atoms with Crippen LogP contribution in [-0.4, -0.2) is 31.9 Å². The van der Waals surface area contributed by atoms with Crippen LogP contribution in [-0.2, 0) is 0 Å². The Labute approximate surface area is 207 Å². The first-order valence-electron chi connectivity index (χ1n) is 11.0. The fraction of sp³-hybridized carbons (Fsp3) is 0.231. The second-order valence-electron chi connectivity index (χ2n) is 8.57. The molecule has 35 heavy (non-hydrogen) atoms. The van der Waals surface area contributed by atoms with Crippen LogP contribution in [0.1, 0.15) is 35.3 Å². The van der Waals surface area contributed by atoms with Gasteiger partial charge in [0.1, 0.15) is 17.2 Å². The lowest BCUT2D eigenvalue weighted by Gasteiger charge is -2.50. The van der Waals surface area contributed by atoms with Crippen molar-refractivity contribution in [3.8, 4) is 17.2 Å². The van der Waals surface area contributed by atoms with E-state index < -0.39 is 5.72 Å². The summed E-state index contributed by atoms with van der Waals surface area (Å²) in [4.78, 5) is 27.8. The summed E-state index contributed by atoms with van der Waals surface area (Å²) in [6.45, 7) is 1.87. The zero-order valence-electron chi connectivity index (χ0n) is 19.4. The van der Waals surface area contributed by atoms with E-state index in [2.05, 4.69) is 10.6 Å². The molecule has 2 aliphatic heterocycles. The molecule has 0 aliphatic carbocycles. The van der Waals surface area contributed by atoms with Crippen LogP contribution >= 0.6 is 11.6 Å². The Morgan fingerprint density at radius 1 is 1.14 bits per heavy atom. The first-order chi connectivity index (χ1) is 16.8. The second kappa shape index (κ2) is 8.70. The lowest BCUT2D eigenvalue weighted by Crippen LogP contribution is -2.65. The molecule has 3 aromatic rings. The number of amides is 3. The number of rotatable bonds is 5. The van der Waals surface area contributed by atoms with E-state index in [1.165, 1.54) is 7.11 Å². The van der Waals surface area contributed by atoms with E-state index >= 15 is 0 Å². The van der Waals surface area contributed by atoms with Gasteiger partial charge in [-0.25, -0.2) is 4.79 Å². The third-order valence-electron chi connectivity index (χ3n) is 6.26. The molecule has 2 N–H and O–H groups in total. The molecule has 2 atom stereocenters. The Bertz CT molecular complexity index is 1330. The van der Waals surface area contributed by atoms with Crippen LogP contribution in [0, 0.1) is 0 Å². The molecule has 5 rings (SSSR count). The standard InChI is InChI=1S/C26H24ClN3O5/c1-26-14-21(19-12-16(27)7-10-22(19)35-26)29-25(32)30(26)17-6-4-5-15(11-17)24(31)28-20-9-8-18(33-2)13-23(20)34-3/h4-13,21H,14H2,1-3H3,(H,28,31)(H,29,32). The van der Waals surface area contributed by atoms with E-state index in [9.17, 15) is 9.59 Å². The molecule has 8 nitrogen and oxygen atoms in total. The monoisotopic (exact) mass is 493 g/mol. The molecule has 2 unspecified atom stereocenters. The molecule has 0 spiro atoms. The number of halogens is 1. The number of carbonyl (C=O) groups excluding carboxylic acids is 2. The van der Waals surface area contributed by atoms with Crippen LogP contribution in [0.2, 0.25) is 5.02 Å². The van der Waals surface area contributed by atoms with Crippen molar-refractivity contribution in [2.75, 3.05) is 24.4 Å². The van der Waals surface area contributed by atoms with Gasteiger partial charge < -0.3 is 24.8 Å². The van der Waals surface area contributed by atoms with Gasteiger partial charge in [0, 0.05) is 28.6 Å². The minimum absolute atomic E-state index is 0.222. The summed E-state index contributed by atoms with van der Waals surface area (Å²) in [6.07, 6.45) is 0.519. The summed E-state index contributed by atoms with van der Waals surface area (Å²) < 4.78 is 16.9. The molecule has 9 heteroatoms. The minimum Gasteiger partial charge on any atom is -0.497 e. The lowest BCUT2D eigenvalue weighted by molar-refractivity contribution is 0.0378. The van der Waals surface area contributed by atoms with E-state index in [1.54, 1.807) is 60.5 Å². The number of anilines is 2. The van der Waals surface area contributed by atoms with Crippen LogP contribution in [0.15, 0.2) is 60.7 Å². The summed E-state index contributed by atoms with van der Waals surface area (Å²) in [7, 11) is 3.08. The zero-order chi connectivity index (χ0) is 24.7. The van der Waals surface area contributed by atoms with Crippen LogP contribution in [0.5, 0.6) is 17.2 Å². The molecule has 3 aromatic carbocycles. The number of urea groups is 1. The Hall–Kier alpha value is -3.91. The van der Waals surface area contributed by atoms with Crippen molar-refractivity contribution in [3.63, 3.8) is 0 Å². The summed E-state index contributed by atoms with van der Waals surface area (Å²) >= 11 is 6.16. The number of carbonyl (C=O) groups is 2. The van der Waals surface area contributed by atoms with Crippen molar-refractivity contribution in [1.29, 1.82) is 0 Å². The normalized spacial score (nSPS) is 20.3. The molecule has 3 amide bonds. The fourth-order valence-corrected chi connectivity index (χ4v) is 4.80. The molecular weight excluding hydrogens is 470 g/mol. The number of methoxy groups -OCH3 is 2. The van der Waals surface area contributed by atoms with Gasteiger partial charge >= 0.3 is 6.03 Å². The first-order valence-corrected chi connectivity index (χ1v) is 11.4. The maximum atomic E-state index is 13.2. The fourth-order valence-electron chi connectivity index (χ4n) is 4.62. The highest BCUT2D eigenvalue weighted by atomic mass is 35.5. The second-order valence-corrected chi connectivity index (χ2v) is 9.01. The van der Waals surface area contributed by atoms with Crippen molar-refractivity contribution >= 4 is 34.9 Å². The van der Waals surface area contributed by atoms with Crippen molar-refractivity contribution in [2.24, 2.45) is 0 Å². The Balaban J connectivity index is 1.43. The maximum Gasteiger partial charge on any atom is 0.325 e. The Kier molecular flexibility index (Phi) is 5.68. The number of benzene rings is 3. The molecule has 1 fully saturated rings. The summed E-state index contributed by atoms with van der Waals surface area (Å²) in [5.74, 6) is 1.40. The summed E-state index contributed by atoms with van der Waals surface area (Å²) in [6, 6.07) is 16.8. The molecule has 2 bridgehead atoms. The molecule has 180 valence electrons. The number of fused-ring (bicyclic) bond motifs is 4. The Morgan fingerprint density at radius 2 is 1.97 bits per heavy atom. The molecular formula is C26H24ClN3O5. The van der Waals surface area contributed by atoms with Crippen molar-refractivity contribution in [3.05, 3.63) is 76.8 Å². The molecule has 2 heterocycles. The number of hydrogen-bond acceptors (Lipinski definition) is 5. The molecule has 0 saturated carbocycles. The third-order valence-corrected chi connectivity index (χ3v) is 6.49. The van der Waals surface area contributed by atoms with Gasteiger partial charge in [-0.15, -0.1) is 0 Å². The largest absolute Gasteiger partial charge is 0.497 e. The van der Waals surface area contributed by atoms with Crippen LogP contribution in [0.3, 0.4) is 0 Å². The van der Waals surface area contributed by atoms with Crippen molar-refractivity contribution in [2.45, 2.75) is 25.1 Å². The van der Waals surface area contributed by atoms with E-state index in [4.69, 9.17) is 25.8 Å². The average molecular weight is 494 g/mol. The zero-order valence-corrected chi connectivity index (χ0v) is 20.2. The van der Waals surface area contributed by atoms with Crippen LogP contribution in [0.4, 0.5) is 16.2 Å². The average Bonchev–Trinajstić information content (AvgIpc) is 2.84. The van der Waals surface area contributed by atoms with Crippen molar-refractivity contribution in [1.82, 2.24) is 5.32 Å². The van der Waals surface area contributed by atoms with Gasteiger partial charge in [-0.2, -0.15) is 0 Å². The van der Waals surface area contributed by atoms with Gasteiger partial charge in [0.05, 0.1) is 31.6 Å². The van der Waals surface area contributed by atoms with Gasteiger partial charge in [0.2, 0.25) is 0 Å². The predicted molar refractivity (Wildman–Crippen MR) is 133 cm³/mol. The van der Waals surface area contributed by atoms with E-state index in [1.807, 2.05) is 19.1 Å². The van der Waals surface area contributed by atoms with E-state index in [0.717, 1.165) is 5.56 Å². The smallest absolute Gasteiger partial charge is 0.325 e. The molecule has 0 radical (unpaired) electrons. The highest BCUT2D eigenvalue weighted by Crippen LogP contribution is 2.46. The Morgan fingerprint density at radius 3 is 2.74 bits per heavy atom. The van der Waals surface area contributed by atoms with Crippen LogP contribution < -0.4 is 29.7 Å². The molecule has 0 aromatic heterocycles. The summed E-state index contributed by atoms with van der Waals surface area (Å²) in [5.41, 5.74) is 1.32. The van der Waals surface area contributed by atoms with Gasteiger partial charge in [0.15, 0.2) is 5.72 Å². The molecule has 2 aliphatic rings. The minimum atomic E-state index is -0.942. The number of nitrogens with one attached hydrogen (secondary N) is 2. The van der Waals surface area contributed by atoms with Gasteiger partial charge in [-0.3, -0.25) is 9.69 Å². The molecule has 1 saturated heterocycles. The lowest BCUT2D eigenvalue weighted by atomic mass is 9.90. The first kappa shape index (κ1) is 22.9. The summed E-state index contributed by atoms with van der Waals surface area (Å²) in [5, 5.41) is 6.48. The van der Waals surface area contributed by atoms with Gasteiger partial charge in [0.25, 0.3) is 5.91 Å². The number of ether oxygens (including phenoxy) is 3. The van der Waals surface area contributed by atoms with E-state index in [-0.39, 0.29) is 18.0 Å². The maximum absolute atomic E-state index is 13.2. The topological polar surface area (TPSA) is 89.1 Å². The number of hydrogen-bond donors (Lipinski definition) is 2. The third kappa shape index (κ3) is 4.10. The van der Waals surface area contributed by atoms with Crippen molar-refractivity contribution < 1.29 is 23.8 Å². The highest BCUT2D eigenvalue weighted by molar-refractivity contribution is 6.30. The number of nitrogens with zero attached hydrogens (tertiary/aromatic N) is 1. The van der Waals surface area contributed by atoms with E-state index in [0.29, 0.717) is 45.6 Å². The SMILES string of the molecule is COc1ccc(NC(=O)c2cccc(N3C(=O)NC4CC3(C)Oc3ccc(Cl)cc34)c2)c(OC)c1. The van der Waals surface area contributed by atoms with Gasteiger partial charge in [-0.1, -0.05) is 17.7 Å². The van der Waals surface area contributed by atoms with Gasteiger partial charge in [-0.05, 0) is 55.5 Å². The van der Waals surface area contributed by atoms with Crippen LogP contribution in [0.25, 0.3) is 0 Å².